The van der Waals surface area contributed by atoms with Crippen molar-refractivity contribution in [2.75, 3.05) is 13.7 Å². The minimum Gasteiger partial charge on any atom is -0.493 e. The molecule has 2 heterocycles. The van der Waals surface area contributed by atoms with Crippen LogP contribution >= 0.6 is 0 Å². The maximum Gasteiger partial charge on any atom is 0.122 e. The summed E-state index contributed by atoms with van der Waals surface area (Å²) in [4.78, 5) is 4.63. The Morgan fingerprint density at radius 1 is 1.29 bits per heavy atom. The fraction of sp³-hybridized carbons (Fsp3) is 0.389. The third kappa shape index (κ3) is 3.24. The topological polar surface area (TPSA) is 34.1 Å². The monoisotopic (exact) mass is 282 g/mol. The van der Waals surface area contributed by atoms with Crippen LogP contribution in [0.5, 0.6) is 5.75 Å². The quantitative estimate of drug-likeness (QED) is 0.914. The third-order valence-corrected chi connectivity index (χ3v) is 4.09. The number of aryl methyl sites for hydroxylation is 2. The van der Waals surface area contributed by atoms with Gasteiger partial charge in [0.1, 0.15) is 5.75 Å². The Hall–Kier alpha value is -1.87. The molecule has 1 aliphatic rings. The molecule has 0 amide bonds. The van der Waals surface area contributed by atoms with Gasteiger partial charge >= 0.3 is 0 Å². The predicted molar refractivity (Wildman–Crippen MR) is 84.7 cm³/mol. The number of aromatic nitrogens is 1. The number of hydrogen-bond acceptors (Lipinski definition) is 3. The first-order valence-corrected chi connectivity index (χ1v) is 7.61. The summed E-state index contributed by atoms with van der Waals surface area (Å²) in [6, 6.07) is 13.1. The molecule has 1 N–H and O–H groups in total. The lowest BCUT2D eigenvalue weighted by Gasteiger charge is -2.16. The van der Waals surface area contributed by atoms with Crippen LogP contribution in [-0.2, 0) is 12.8 Å². The van der Waals surface area contributed by atoms with Gasteiger partial charge in [-0.15, -0.1) is 0 Å². The van der Waals surface area contributed by atoms with E-state index in [1.165, 1.54) is 11.1 Å². The molecular weight excluding hydrogens is 260 g/mol. The second kappa shape index (κ2) is 6.27. The molecule has 2 aromatic rings. The van der Waals surface area contributed by atoms with Gasteiger partial charge in [-0.3, -0.25) is 4.98 Å². The van der Waals surface area contributed by atoms with Gasteiger partial charge in [-0.25, -0.2) is 0 Å². The van der Waals surface area contributed by atoms with Crippen molar-refractivity contribution in [3.63, 3.8) is 0 Å². The molecule has 1 aromatic heterocycles. The van der Waals surface area contributed by atoms with E-state index < -0.39 is 0 Å². The molecule has 1 unspecified atom stereocenters. The van der Waals surface area contributed by atoms with Crippen LogP contribution in [0.3, 0.4) is 0 Å². The van der Waals surface area contributed by atoms with Gasteiger partial charge in [-0.05, 0) is 56.1 Å². The summed E-state index contributed by atoms with van der Waals surface area (Å²) in [5.41, 5.74) is 4.93. The summed E-state index contributed by atoms with van der Waals surface area (Å²) in [6.07, 6.45) is 3.14. The van der Waals surface area contributed by atoms with Gasteiger partial charge in [0.15, 0.2) is 0 Å². The van der Waals surface area contributed by atoms with Crippen molar-refractivity contribution in [2.24, 2.45) is 0 Å². The Bertz CT molecular complexity index is 624. The molecule has 0 spiro atoms. The molecule has 3 heteroatoms. The number of pyridine rings is 1. The summed E-state index contributed by atoms with van der Waals surface area (Å²) in [7, 11) is 2.01. The number of ether oxygens (including phenoxy) is 1. The normalized spacial score (nSPS) is 14.6. The number of benzene rings is 1. The molecular formula is C18H22N2O. The molecule has 1 aliphatic heterocycles. The van der Waals surface area contributed by atoms with Gasteiger partial charge in [0.2, 0.25) is 0 Å². The summed E-state index contributed by atoms with van der Waals surface area (Å²) >= 11 is 0. The van der Waals surface area contributed by atoms with Crippen molar-refractivity contribution in [3.05, 3.63) is 58.9 Å². The van der Waals surface area contributed by atoms with Crippen molar-refractivity contribution < 1.29 is 4.74 Å². The average Bonchev–Trinajstić information content (AvgIpc) is 2.95. The Labute approximate surface area is 126 Å². The zero-order valence-corrected chi connectivity index (χ0v) is 12.7. The Balaban J connectivity index is 1.68. The zero-order valence-electron chi connectivity index (χ0n) is 12.7. The second-order valence-electron chi connectivity index (χ2n) is 5.62. The third-order valence-electron chi connectivity index (χ3n) is 4.09. The van der Waals surface area contributed by atoms with Crippen LogP contribution in [0, 0.1) is 6.92 Å². The number of nitrogens with one attached hydrogen (secondary N) is 1. The van der Waals surface area contributed by atoms with Crippen molar-refractivity contribution in [2.45, 2.75) is 32.2 Å². The van der Waals surface area contributed by atoms with Crippen molar-refractivity contribution in [1.29, 1.82) is 0 Å². The molecule has 0 fully saturated rings. The first-order valence-electron chi connectivity index (χ1n) is 7.61. The SMILES string of the molecule is CNC(CCc1ccc2c(c1)CCO2)c1cccc(C)n1. The highest BCUT2D eigenvalue weighted by Gasteiger charge is 2.14. The number of hydrogen-bond donors (Lipinski definition) is 1. The molecule has 0 radical (unpaired) electrons. The summed E-state index contributed by atoms with van der Waals surface area (Å²) in [5, 5.41) is 3.38. The standard InChI is InChI=1S/C18H22N2O/c1-13-4-3-5-17(20-13)16(19-2)8-6-14-7-9-18-15(12-14)10-11-21-18/h3-5,7,9,12,16,19H,6,8,10-11H2,1-2H3. The number of fused-ring (bicyclic) bond motifs is 1. The van der Waals surface area contributed by atoms with Crippen LogP contribution in [0.4, 0.5) is 0 Å². The predicted octanol–water partition coefficient (Wildman–Crippen LogP) is 3.22. The Kier molecular flexibility index (Phi) is 4.20. The molecule has 0 saturated carbocycles. The average molecular weight is 282 g/mol. The van der Waals surface area contributed by atoms with E-state index in [1.54, 1.807) is 0 Å². The van der Waals surface area contributed by atoms with Crippen LogP contribution in [0.1, 0.15) is 35.0 Å². The molecule has 0 saturated heterocycles. The number of rotatable bonds is 5. The highest BCUT2D eigenvalue weighted by molar-refractivity contribution is 5.39. The molecule has 21 heavy (non-hydrogen) atoms. The Morgan fingerprint density at radius 3 is 3.00 bits per heavy atom. The van der Waals surface area contributed by atoms with Gasteiger partial charge in [0.05, 0.1) is 12.3 Å². The van der Waals surface area contributed by atoms with Crippen LogP contribution in [0.2, 0.25) is 0 Å². The van der Waals surface area contributed by atoms with Crippen molar-refractivity contribution in [3.8, 4) is 5.75 Å². The molecule has 3 rings (SSSR count). The summed E-state index contributed by atoms with van der Waals surface area (Å²) in [5.74, 6) is 1.06. The molecule has 3 nitrogen and oxygen atoms in total. The van der Waals surface area contributed by atoms with E-state index in [0.717, 1.165) is 43.0 Å². The Morgan fingerprint density at radius 2 is 2.19 bits per heavy atom. The maximum absolute atomic E-state index is 5.56. The molecule has 1 atom stereocenters. The van der Waals surface area contributed by atoms with E-state index in [4.69, 9.17) is 4.74 Å². The minimum atomic E-state index is 0.300. The maximum atomic E-state index is 5.56. The van der Waals surface area contributed by atoms with Crippen molar-refractivity contribution >= 4 is 0 Å². The van der Waals surface area contributed by atoms with E-state index in [-0.39, 0.29) is 0 Å². The lowest BCUT2D eigenvalue weighted by atomic mass is 10.00. The van der Waals surface area contributed by atoms with Crippen LogP contribution in [0.15, 0.2) is 36.4 Å². The first kappa shape index (κ1) is 14.1. The van der Waals surface area contributed by atoms with E-state index in [0.29, 0.717) is 6.04 Å². The van der Waals surface area contributed by atoms with Crippen LogP contribution in [0.25, 0.3) is 0 Å². The number of nitrogens with zero attached hydrogens (tertiary/aromatic N) is 1. The molecule has 0 bridgehead atoms. The summed E-state index contributed by atoms with van der Waals surface area (Å²) in [6.45, 7) is 2.86. The largest absolute Gasteiger partial charge is 0.493 e. The van der Waals surface area contributed by atoms with E-state index in [2.05, 4.69) is 40.6 Å². The van der Waals surface area contributed by atoms with Gasteiger partial charge in [-0.2, -0.15) is 0 Å². The first-order chi connectivity index (χ1) is 10.3. The fourth-order valence-corrected chi connectivity index (χ4v) is 2.90. The van der Waals surface area contributed by atoms with E-state index in [9.17, 15) is 0 Å². The smallest absolute Gasteiger partial charge is 0.122 e. The van der Waals surface area contributed by atoms with Gasteiger partial charge < -0.3 is 10.1 Å². The van der Waals surface area contributed by atoms with Gasteiger partial charge in [-0.1, -0.05) is 18.2 Å². The molecule has 1 aromatic carbocycles. The van der Waals surface area contributed by atoms with Crippen LogP contribution in [-0.4, -0.2) is 18.6 Å². The van der Waals surface area contributed by atoms with Crippen LogP contribution < -0.4 is 10.1 Å². The second-order valence-corrected chi connectivity index (χ2v) is 5.62. The fourth-order valence-electron chi connectivity index (χ4n) is 2.90. The lowest BCUT2D eigenvalue weighted by Crippen LogP contribution is -2.18. The van der Waals surface area contributed by atoms with Crippen molar-refractivity contribution in [1.82, 2.24) is 10.3 Å². The summed E-state index contributed by atoms with van der Waals surface area (Å²) < 4.78 is 5.56. The van der Waals surface area contributed by atoms with E-state index in [1.807, 2.05) is 20.0 Å². The highest BCUT2D eigenvalue weighted by atomic mass is 16.5. The van der Waals surface area contributed by atoms with Gasteiger partial charge in [0, 0.05) is 18.2 Å². The highest BCUT2D eigenvalue weighted by Crippen LogP contribution is 2.27. The lowest BCUT2D eigenvalue weighted by molar-refractivity contribution is 0.357. The van der Waals surface area contributed by atoms with Gasteiger partial charge in [0.25, 0.3) is 0 Å². The van der Waals surface area contributed by atoms with E-state index >= 15 is 0 Å². The minimum absolute atomic E-state index is 0.300. The molecule has 0 aliphatic carbocycles. The zero-order chi connectivity index (χ0) is 14.7. The molecule has 110 valence electrons.